The first-order chi connectivity index (χ1) is 11.1. The maximum atomic E-state index is 12.1. The Morgan fingerprint density at radius 1 is 1.17 bits per heavy atom. The molecule has 0 saturated carbocycles. The van der Waals surface area contributed by atoms with Crippen LogP contribution in [-0.4, -0.2) is 30.7 Å². The van der Waals surface area contributed by atoms with Crippen molar-refractivity contribution >= 4 is 5.97 Å². The highest BCUT2D eigenvalue weighted by atomic mass is 16.4. The molecule has 23 heavy (non-hydrogen) atoms. The van der Waals surface area contributed by atoms with Gasteiger partial charge in [0.15, 0.2) is 5.56 Å². The molecule has 0 amide bonds. The molecule has 2 aromatic heterocycles. The van der Waals surface area contributed by atoms with Crippen molar-refractivity contribution in [3.05, 3.63) is 33.0 Å². The van der Waals surface area contributed by atoms with Gasteiger partial charge in [0, 0.05) is 24.2 Å². The van der Waals surface area contributed by atoms with Gasteiger partial charge in [-0.15, -0.1) is 0 Å². The van der Waals surface area contributed by atoms with Gasteiger partial charge >= 0.3 is 5.97 Å². The maximum absolute atomic E-state index is 12.1. The predicted molar refractivity (Wildman–Crippen MR) is 81.9 cm³/mol. The van der Waals surface area contributed by atoms with E-state index in [2.05, 4.69) is 14.5 Å². The predicted octanol–water partition coefficient (Wildman–Crippen LogP) is 1.47. The van der Waals surface area contributed by atoms with Gasteiger partial charge in [-0.25, -0.2) is 9.78 Å². The van der Waals surface area contributed by atoms with Crippen molar-refractivity contribution in [1.29, 1.82) is 0 Å². The first-order valence-corrected chi connectivity index (χ1v) is 7.88. The van der Waals surface area contributed by atoms with Crippen LogP contribution in [0.15, 0.2) is 4.79 Å². The topological polar surface area (TPSA) is 108 Å². The minimum atomic E-state index is -1.42. The summed E-state index contributed by atoms with van der Waals surface area (Å²) in [5.74, 6) is -0.827. The molecule has 120 valence electrons. The largest absolute Gasteiger partial charge is 0.506 e. The summed E-state index contributed by atoms with van der Waals surface area (Å²) in [4.78, 5) is 30.6. The number of aromatic hydroxyl groups is 1. The van der Waals surface area contributed by atoms with E-state index in [1.54, 1.807) is 0 Å². The van der Waals surface area contributed by atoms with Crippen molar-refractivity contribution in [2.45, 2.75) is 45.1 Å². The quantitative estimate of drug-likeness (QED) is 0.738. The van der Waals surface area contributed by atoms with E-state index < -0.39 is 22.8 Å². The summed E-state index contributed by atoms with van der Waals surface area (Å²) in [5.41, 5.74) is 1.36. The molecule has 0 aromatic carbocycles. The molecular weight excluding hydrogens is 298 g/mol. The Labute approximate surface area is 131 Å². The van der Waals surface area contributed by atoms with E-state index in [1.165, 1.54) is 0 Å². The lowest BCUT2D eigenvalue weighted by molar-refractivity contribution is 0.0691. The third-order valence-electron chi connectivity index (χ3n) is 4.76. The highest BCUT2D eigenvalue weighted by Crippen LogP contribution is 2.36. The second-order valence-electron chi connectivity index (χ2n) is 6.12. The van der Waals surface area contributed by atoms with E-state index >= 15 is 0 Å². The second kappa shape index (κ2) is 4.97. The van der Waals surface area contributed by atoms with Gasteiger partial charge < -0.3 is 19.8 Å². The monoisotopic (exact) mass is 315 g/mol. The number of aryl methyl sites for hydroxylation is 1. The van der Waals surface area contributed by atoms with Crippen LogP contribution in [0, 0.1) is 0 Å². The number of imidazole rings is 1. The van der Waals surface area contributed by atoms with Crippen LogP contribution in [0.5, 0.6) is 5.75 Å². The molecule has 3 heterocycles. The number of pyridine rings is 1. The van der Waals surface area contributed by atoms with Gasteiger partial charge in [-0.05, 0) is 32.1 Å². The van der Waals surface area contributed by atoms with E-state index in [0.717, 1.165) is 50.2 Å². The molecule has 1 aliphatic carbocycles. The smallest absolute Gasteiger partial charge is 0.345 e. The summed E-state index contributed by atoms with van der Waals surface area (Å²) >= 11 is 0. The standard InChI is InChI=1S/C16H17N3O4/c20-14-8-4-3-5-9-13(17-10-6-1-2-7-19(9)10)12(8)18-15(21)11(14)16(22)23/h1-7H2,(H,22,23)(H2,18,20,21). The van der Waals surface area contributed by atoms with Gasteiger partial charge in [0.25, 0.3) is 5.56 Å². The van der Waals surface area contributed by atoms with E-state index in [9.17, 15) is 14.7 Å². The first-order valence-electron chi connectivity index (χ1n) is 7.88. The van der Waals surface area contributed by atoms with Crippen molar-refractivity contribution in [1.82, 2.24) is 14.5 Å². The molecule has 3 N–H and O–H groups in total. The van der Waals surface area contributed by atoms with E-state index in [0.29, 0.717) is 23.4 Å². The molecule has 0 saturated heterocycles. The average molecular weight is 315 g/mol. The lowest BCUT2D eigenvalue weighted by Crippen LogP contribution is -2.20. The fourth-order valence-corrected chi connectivity index (χ4v) is 3.70. The number of nitrogens with one attached hydrogen (secondary N) is 1. The van der Waals surface area contributed by atoms with Crippen LogP contribution in [-0.2, 0) is 25.8 Å². The summed E-state index contributed by atoms with van der Waals surface area (Å²) in [5, 5.41) is 19.5. The summed E-state index contributed by atoms with van der Waals surface area (Å²) in [6.07, 6.45) is 5.23. The normalized spacial score (nSPS) is 16.2. The molecule has 7 nitrogen and oxygen atoms in total. The number of H-pyrrole nitrogens is 1. The molecular formula is C16H17N3O4. The molecule has 0 bridgehead atoms. The van der Waals surface area contributed by atoms with Crippen LogP contribution in [0.1, 0.15) is 46.7 Å². The molecule has 2 aliphatic rings. The number of carbonyl (C=O) groups is 1. The molecule has 7 heteroatoms. The van der Waals surface area contributed by atoms with Crippen molar-refractivity contribution in [3.8, 4) is 17.1 Å². The highest BCUT2D eigenvalue weighted by molar-refractivity contribution is 5.91. The summed E-state index contributed by atoms with van der Waals surface area (Å²) in [6, 6.07) is 0. The number of aromatic amines is 1. The molecule has 1 aliphatic heterocycles. The summed E-state index contributed by atoms with van der Waals surface area (Å²) in [7, 11) is 0. The van der Waals surface area contributed by atoms with Gasteiger partial charge in [0.1, 0.15) is 17.3 Å². The van der Waals surface area contributed by atoms with Crippen LogP contribution >= 0.6 is 0 Å². The van der Waals surface area contributed by atoms with Crippen molar-refractivity contribution < 1.29 is 15.0 Å². The van der Waals surface area contributed by atoms with Gasteiger partial charge in [-0.2, -0.15) is 0 Å². The zero-order chi connectivity index (χ0) is 16.1. The van der Waals surface area contributed by atoms with Gasteiger partial charge in [0.05, 0.1) is 5.69 Å². The highest BCUT2D eigenvalue weighted by Gasteiger charge is 2.29. The Morgan fingerprint density at radius 3 is 2.78 bits per heavy atom. The minimum absolute atomic E-state index is 0.421. The lowest BCUT2D eigenvalue weighted by Gasteiger charge is -2.16. The fraction of sp³-hybridized carbons (Fsp3) is 0.438. The number of hydrogen-bond acceptors (Lipinski definition) is 4. The Kier molecular flexibility index (Phi) is 3.04. The van der Waals surface area contributed by atoms with Crippen molar-refractivity contribution in [2.24, 2.45) is 0 Å². The summed E-state index contributed by atoms with van der Waals surface area (Å²) < 4.78 is 2.22. The molecule has 0 spiro atoms. The van der Waals surface area contributed by atoms with E-state index in [1.807, 2.05) is 0 Å². The van der Waals surface area contributed by atoms with Crippen LogP contribution < -0.4 is 5.56 Å². The van der Waals surface area contributed by atoms with Crippen molar-refractivity contribution in [3.63, 3.8) is 0 Å². The van der Waals surface area contributed by atoms with Crippen LogP contribution in [0.3, 0.4) is 0 Å². The van der Waals surface area contributed by atoms with Crippen molar-refractivity contribution in [2.75, 3.05) is 0 Å². The number of fused-ring (bicyclic) bond motifs is 5. The maximum Gasteiger partial charge on any atom is 0.345 e. The van der Waals surface area contributed by atoms with Gasteiger partial charge in [-0.1, -0.05) is 0 Å². The SMILES string of the molecule is O=C(O)c1c(O)c2c([nH]c1=O)-c1nc3n(c1CCC2)CCCC3. The van der Waals surface area contributed by atoms with Crippen LogP contribution in [0.4, 0.5) is 0 Å². The Balaban J connectivity index is 2.00. The summed E-state index contributed by atoms with van der Waals surface area (Å²) in [6.45, 7) is 0.927. The second-order valence-corrected chi connectivity index (χ2v) is 6.12. The molecule has 0 unspecified atom stereocenters. The number of aromatic nitrogens is 3. The Hall–Kier alpha value is -2.57. The molecule has 0 fully saturated rings. The number of hydrogen-bond donors (Lipinski definition) is 3. The Morgan fingerprint density at radius 2 is 2.00 bits per heavy atom. The Bertz CT molecular complexity index is 878. The van der Waals surface area contributed by atoms with Crippen LogP contribution in [0.2, 0.25) is 0 Å². The first kappa shape index (κ1) is 14.0. The minimum Gasteiger partial charge on any atom is -0.506 e. The van der Waals surface area contributed by atoms with E-state index in [4.69, 9.17) is 5.11 Å². The number of carboxylic acids is 1. The number of rotatable bonds is 1. The number of carboxylic acid groups (broad SMARTS) is 1. The molecule has 4 rings (SSSR count). The fourth-order valence-electron chi connectivity index (χ4n) is 3.70. The van der Waals surface area contributed by atoms with E-state index in [-0.39, 0.29) is 0 Å². The van der Waals surface area contributed by atoms with Crippen LogP contribution in [0.25, 0.3) is 11.4 Å². The number of nitrogens with zero attached hydrogens (tertiary/aromatic N) is 2. The zero-order valence-corrected chi connectivity index (χ0v) is 12.6. The third-order valence-corrected chi connectivity index (χ3v) is 4.76. The lowest BCUT2D eigenvalue weighted by atomic mass is 10.0. The number of aromatic carboxylic acids is 1. The average Bonchev–Trinajstić information content (AvgIpc) is 2.78. The third kappa shape index (κ3) is 1.99. The molecule has 2 aromatic rings. The molecule has 0 radical (unpaired) electrons. The zero-order valence-electron chi connectivity index (χ0n) is 12.6. The van der Waals surface area contributed by atoms with Gasteiger partial charge in [0.2, 0.25) is 0 Å². The van der Waals surface area contributed by atoms with Gasteiger partial charge in [-0.3, -0.25) is 4.79 Å². The molecule has 0 atom stereocenters.